The minimum Gasteiger partial charge on any atom is -0.503 e. The standard InChI is InChI=1S/C3H5NO2.O2/c1-2(5)3(4)6;1-2/h5H,1H2,(H2,4,6);. The number of carbonyl (C=O) groups excluding carboxylic acids is 1. The Morgan fingerprint density at radius 2 is 1.62 bits per heavy atom. The minimum atomic E-state index is -0.880. The average Bonchev–Trinajstić information content (AvgIpc) is 1.72. The predicted octanol–water partition coefficient (Wildman–Crippen LogP) is -0.390. The number of primary amides is 1. The zero-order chi connectivity index (χ0) is 7.15. The van der Waals surface area contributed by atoms with E-state index >= 15 is 0 Å². The first-order chi connectivity index (χ1) is 3.64. The van der Waals surface area contributed by atoms with Crippen molar-refractivity contribution in [2.24, 2.45) is 5.73 Å². The molecule has 0 aromatic rings. The van der Waals surface area contributed by atoms with E-state index in [-0.39, 0.29) is 0 Å². The molecule has 3 N–H and O–H groups in total. The Labute approximate surface area is 45.0 Å². The lowest BCUT2D eigenvalue weighted by Gasteiger charge is -1.81. The second-order valence-electron chi connectivity index (χ2n) is 0.811. The van der Waals surface area contributed by atoms with Gasteiger partial charge >= 0.3 is 0 Å². The first-order valence-electron chi connectivity index (χ1n) is 1.49. The fourth-order valence-electron chi connectivity index (χ4n) is 0. The maximum absolute atomic E-state index is 9.57. The summed E-state index contributed by atoms with van der Waals surface area (Å²) in [4.78, 5) is 23.6. The first-order valence-corrected chi connectivity index (χ1v) is 1.49. The second kappa shape index (κ2) is 5.61. The molecule has 46 valence electrons. The molecule has 0 saturated carbocycles. The highest BCUT2D eigenvalue weighted by molar-refractivity contribution is 5.88. The van der Waals surface area contributed by atoms with Crippen LogP contribution in [-0.2, 0) is 4.79 Å². The Kier molecular flexibility index (Phi) is 6.86. The predicted molar refractivity (Wildman–Crippen MR) is 27.7 cm³/mol. The van der Waals surface area contributed by atoms with Crippen LogP contribution in [0.1, 0.15) is 0 Å². The van der Waals surface area contributed by atoms with Crippen molar-refractivity contribution in [1.29, 1.82) is 0 Å². The summed E-state index contributed by atoms with van der Waals surface area (Å²) in [5.74, 6) is -1.48. The van der Waals surface area contributed by atoms with Gasteiger partial charge in [0.1, 0.15) is 0 Å². The van der Waals surface area contributed by atoms with E-state index in [1.165, 1.54) is 0 Å². The van der Waals surface area contributed by atoms with Crippen molar-refractivity contribution in [3.63, 3.8) is 0 Å². The molecule has 8 heavy (non-hydrogen) atoms. The molecule has 0 aromatic carbocycles. The molecule has 5 heteroatoms. The summed E-state index contributed by atoms with van der Waals surface area (Å²) in [5, 5.41) is 7.96. The van der Waals surface area contributed by atoms with Crippen molar-refractivity contribution in [3.05, 3.63) is 22.3 Å². The molecular formula is C3H5NO4. The number of hydrogen-bond donors (Lipinski definition) is 2. The molecular weight excluding hydrogens is 114 g/mol. The summed E-state index contributed by atoms with van der Waals surface area (Å²) in [6, 6.07) is 0. The fraction of sp³-hybridized carbons (Fsp3) is 0. The van der Waals surface area contributed by atoms with E-state index in [1.54, 1.807) is 0 Å². The van der Waals surface area contributed by atoms with Crippen LogP contribution >= 0.6 is 0 Å². The van der Waals surface area contributed by atoms with Gasteiger partial charge in [-0.2, -0.15) is 0 Å². The molecule has 1 amide bonds. The molecule has 0 aliphatic heterocycles. The van der Waals surface area contributed by atoms with Gasteiger partial charge in [-0.3, -0.25) is 4.79 Å². The summed E-state index contributed by atoms with van der Waals surface area (Å²) in [7, 11) is 0. The number of amides is 1. The molecule has 0 fully saturated rings. The van der Waals surface area contributed by atoms with Gasteiger partial charge in [-0.05, 0) is 0 Å². The number of rotatable bonds is 1. The zero-order valence-corrected chi connectivity index (χ0v) is 3.96. The van der Waals surface area contributed by atoms with Crippen molar-refractivity contribution in [2.45, 2.75) is 0 Å². The van der Waals surface area contributed by atoms with Crippen LogP contribution in [0.4, 0.5) is 0 Å². The van der Waals surface area contributed by atoms with Gasteiger partial charge < -0.3 is 10.8 Å². The van der Waals surface area contributed by atoms with Crippen molar-refractivity contribution in [1.82, 2.24) is 0 Å². The quantitative estimate of drug-likeness (QED) is 0.362. The van der Waals surface area contributed by atoms with E-state index in [2.05, 4.69) is 12.3 Å². The second-order valence-corrected chi connectivity index (χ2v) is 0.811. The van der Waals surface area contributed by atoms with Gasteiger partial charge in [0.05, 0.1) is 0 Å². The molecule has 0 saturated heterocycles. The molecule has 0 unspecified atom stereocenters. The smallest absolute Gasteiger partial charge is 0.282 e. The van der Waals surface area contributed by atoms with Crippen LogP contribution in [0.2, 0.25) is 0 Å². The van der Waals surface area contributed by atoms with Gasteiger partial charge in [0, 0.05) is 9.93 Å². The van der Waals surface area contributed by atoms with Gasteiger partial charge in [0.2, 0.25) is 0 Å². The Bertz CT molecular complexity index is 87.5. The number of aliphatic hydroxyl groups excluding tert-OH is 1. The van der Waals surface area contributed by atoms with E-state index in [1.807, 2.05) is 0 Å². The van der Waals surface area contributed by atoms with Gasteiger partial charge in [-0.25, -0.2) is 0 Å². The van der Waals surface area contributed by atoms with E-state index in [4.69, 9.17) is 15.0 Å². The van der Waals surface area contributed by atoms with Crippen LogP contribution in [0.25, 0.3) is 0 Å². The molecule has 5 nitrogen and oxygen atoms in total. The largest absolute Gasteiger partial charge is 0.503 e. The Hall–Kier alpha value is -1.39. The third kappa shape index (κ3) is 8.82. The monoisotopic (exact) mass is 119 g/mol. The van der Waals surface area contributed by atoms with Gasteiger partial charge in [-0.15, -0.1) is 0 Å². The van der Waals surface area contributed by atoms with Gasteiger partial charge in [-0.1, -0.05) is 6.58 Å². The van der Waals surface area contributed by atoms with Crippen LogP contribution in [0.5, 0.6) is 0 Å². The lowest BCUT2D eigenvalue weighted by molar-refractivity contribution is -0.116. The van der Waals surface area contributed by atoms with E-state index < -0.39 is 11.7 Å². The molecule has 0 aliphatic carbocycles. The van der Waals surface area contributed by atoms with E-state index in [0.717, 1.165) is 0 Å². The number of aliphatic hydroxyl groups is 1. The molecule has 0 radical (unpaired) electrons. The van der Waals surface area contributed by atoms with Crippen molar-refractivity contribution in [3.8, 4) is 0 Å². The van der Waals surface area contributed by atoms with Gasteiger partial charge in [0.15, 0.2) is 5.76 Å². The third-order valence-corrected chi connectivity index (χ3v) is 0.284. The highest BCUT2D eigenvalue weighted by Gasteiger charge is 1.90. The van der Waals surface area contributed by atoms with Crippen molar-refractivity contribution >= 4 is 5.91 Å². The van der Waals surface area contributed by atoms with E-state index in [9.17, 15) is 4.79 Å². The van der Waals surface area contributed by atoms with Crippen molar-refractivity contribution < 1.29 is 9.90 Å². The van der Waals surface area contributed by atoms with Gasteiger partial charge in [0.25, 0.3) is 5.91 Å². The summed E-state index contributed by atoms with van der Waals surface area (Å²) in [6.07, 6.45) is 0. The molecule has 0 spiro atoms. The third-order valence-electron chi connectivity index (χ3n) is 0.284. The highest BCUT2D eigenvalue weighted by atomic mass is 16.7. The Balaban J connectivity index is 0. The first kappa shape index (κ1) is 9.79. The van der Waals surface area contributed by atoms with Crippen LogP contribution < -0.4 is 5.73 Å². The summed E-state index contributed by atoms with van der Waals surface area (Å²) in [5.41, 5.74) is 4.45. The fourth-order valence-corrected chi connectivity index (χ4v) is 0. The lowest BCUT2D eigenvalue weighted by atomic mass is 10.6. The number of nitrogens with two attached hydrogens (primary N) is 1. The maximum Gasteiger partial charge on any atom is 0.282 e. The van der Waals surface area contributed by atoms with Crippen LogP contribution in [-0.4, -0.2) is 11.0 Å². The SMILES string of the molecule is C=C(O)C(N)=O.O=O. The molecule has 0 bridgehead atoms. The molecule has 0 atom stereocenters. The van der Waals surface area contributed by atoms with Crippen LogP contribution in [0.15, 0.2) is 12.3 Å². The Morgan fingerprint density at radius 3 is 1.62 bits per heavy atom. The minimum absolute atomic E-state index is 0.602. The Morgan fingerprint density at radius 1 is 1.50 bits per heavy atom. The number of carbonyl (C=O) groups is 1. The zero-order valence-electron chi connectivity index (χ0n) is 3.96. The molecule has 0 aromatic heterocycles. The average molecular weight is 119 g/mol. The molecule has 0 rings (SSSR count). The van der Waals surface area contributed by atoms with Crippen LogP contribution in [0, 0.1) is 9.93 Å². The van der Waals surface area contributed by atoms with Crippen LogP contribution in [0.3, 0.4) is 0 Å². The maximum atomic E-state index is 9.57. The normalized spacial score (nSPS) is 6.00. The molecule has 0 heterocycles. The van der Waals surface area contributed by atoms with Crippen molar-refractivity contribution in [2.75, 3.05) is 0 Å². The highest BCUT2D eigenvalue weighted by Crippen LogP contribution is 1.71. The topological polar surface area (TPSA) is 97.5 Å². The lowest BCUT2D eigenvalue weighted by Crippen LogP contribution is -2.11. The summed E-state index contributed by atoms with van der Waals surface area (Å²) in [6.45, 7) is 2.84. The molecule has 0 aliphatic rings. The van der Waals surface area contributed by atoms with E-state index in [0.29, 0.717) is 0 Å². The summed E-state index contributed by atoms with van der Waals surface area (Å²) >= 11 is 0. The number of hydrogen-bond acceptors (Lipinski definition) is 4. The summed E-state index contributed by atoms with van der Waals surface area (Å²) < 4.78 is 0.